The van der Waals surface area contributed by atoms with E-state index in [0.29, 0.717) is 17.2 Å². The number of nitrogens with one attached hydrogen (secondary N) is 3. The van der Waals surface area contributed by atoms with E-state index in [0.717, 1.165) is 30.0 Å². The number of aromatic hydroxyl groups is 1. The standard InChI is InChI=1S/C22H25N9O2/c1-4-31(5-2)17-11-8-15(18(32)12-17)13-23-27-19-20(25-22-21(24-19)29-33-30-22)28-26-16-9-6-14(3)7-10-16/h6-13,26,32H,4-5H2,1-3H3,(H,24,27,29)(H,25,28,30)/b23-13+. The summed E-state index contributed by atoms with van der Waals surface area (Å²) in [5.41, 5.74) is 12.9. The number of aromatic nitrogens is 4. The van der Waals surface area contributed by atoms with E-state index >= 15 is 0 Å². The van der Waals surface area contributed by atoms with Gasteiger partial charge in [0.25, 0.3) is 0 Å². The van der Waals surface area contributed by atoms with Crippen molar-refractivity contribution in [2.24, 2.45) is 5.10 Å². The van der Waals surface area contributed by atoms with Crippen LogP contribution in [0.1, 0.15) is 25.0 Å². The number of aryl methyl sites for hydroxylation is 1. The molecule has 170 valence electrons. The molecule has 4 rings (SSSR count). The first-order chi connectivity index (χ1) is 16.1. The van der Waals surface area contributed by atoms with Crippen molar-refractivity contribution in [3.63, 3.8) is 0 Å². The van der Waals surface area contributed by atoms with E-state index in [2.05, 4.69) is 60.4 Å². The summed E-state index contributed by atoms with van der Waals surface area (Å²) in [6, 6.07) is 13.3. The van der Waals surface area contributed by atoms with Gasteiger partial charge in [0, 0.05) is 30.4 Å². The second-order valence-corrected chi connectivity index (χ2v) is 7.23. The predicted molar refractivity (Wildman–Crippen MR) is 129 cm³/mol. The molecule has 0 fully saturated rings. The normalized spacial score (nSPS) is 11.1. The first-order valence-electron chi connectivity index (χ1n) is 10.5. The highest BCUT2D eigenvalue weighted by Crippen LogP contribution is 2.24. The molecule has 33 heavy (non-hydrogen) atoms. The van der Waals surface area contributed by atoms with Crippen LogP contribution in [0.3, 0.4) is 0 Å². The van der Waals surface area contributed by atoms with Crippen molar-refractivity contribution in [2.45, 2.75) is 20.8 Å². The average Bonchev–Trinajstić information content (AvgIpc) is 3.28. The molecule has 0 saturated heterocycles. The molecule has 4 N–H and O–H groups in total. The molecule has 4 aromatic rings. The van der Waals surface area contributed by atoms with Gasteiger partial charge in [-0.1, -0.05) is 17.7 Å². The topological polar surface area (TPSA) is 137 Å². The van der Waals surface area contributed by atoms with Crippen molar-refractivity contribution in [1.29, 1.82) is 0 Å². The predicted octanol–water partition coefficient (Wildman–Crippen LogP) is 3.76. The third kappa shape index (κ3) is 5.09. The molecule has 0 bridgehead atoms. The number of anilines is 4. The molecule has 0 aliphatic heterocycles. The molecule has 2 heterocycles. The monoisotopic (exact) mass is 447 g/mol. The molecule has 0 amide bonds. The molecule has 11 nitrogen and oxygen atoms in total. The number of hydrogen-bond acceptors (Lipinski definition) is 11. The van der Waals surface area contributed by atoms with Crippen LogP contribution in [0.2, 0.25) is 0 Å². The number of phenolic OH excluding ortho intramolecular Hbond substituents is 1. The van der Waals surface area contributed by atoms with E-state index in [-0.39, 0.29) is 17.0 Å². The Kier molecular flexibility index (Phi) is 6.48. The second kappa shape index (κ2) is 9.81. The van der Waals surface area contributed by atoms with Crippen LogP contribution in [0.15, 0.2) is 52.2 Å². The quantitative estimate of drug-likeness (QED) is 0.222. The summed E-state index contributed by atoms with van der Waals surface area (Å²) < 4.78 is 4.71. The Labute approximate surface area is 190 Å². The zero-order chi connectivity index (χ0) is 23.2. The van der Waals surface area contributed by atoms with Crippen LogP contribution in [-0.4, -0.2) is 44.7 Å². The number of fused-ring (bicyclic) bond motifs is 1. The number of nitrogens with zero attached hydrogens (tertiary/aromatic N) is 6. The van der Waals surface area contributed by atoms with Crippen molar-refractivity contribution >= 4 is 40.5 Å². The molecular formula is C22H25N9O2. The zero-order valence-corrected chi connectivity index (χ0v) is 18.6. The van der Waals surface area contributed by atoms with Crippen molar-refractivity contribution in [2.75, 3.05) is 34.3 Å². The molecule has 0 saturated carbocycles. The lowest BCUT2D eigenvalue weighted by atomic mass is 10.2. The van der Waals surface area contributed by atoms with Crippen molar-refractivity contribution in [1.82, 2.24) is 20.3 Å². The fourth-order valence-electron chi connectivity index (χ4n) is 3.16. The van der Waals surface area contributed by atoms with Gasteiger partial charge in [-0.05, 0) is 55.4 Å². The minimum Gasteiger partial charge on any atom is -0.507 e. The summed E-state index contributed by atoms with van der Waals surface area (Å²) >= 11 is 0. The molecule has 0 aliphatic carbocycles. The molecule has 0 spiro atoms. The third-order valence-corrected chi connectivity index (χ3v) is 5.01. The summed E-state index contributed by atoms with van der Waals surface area (Å²) in [7, 11) is 0. The molecule has 11 heteroatoms. The van der Waals surface area contributed by atoms with Gasteiger partial charge in [-0.15, -0.1) is 0 Å². The Morgan fingerprint density at radius 3 is 2.33 bits per heavy atom. The largest absolute Gasteiger partial charge is 0.507 e. The third-order valence-electron chi connectivity index (χ3n) is 5.01. The van der Waals surface area contributed by atoms with E-state index in [1.165, 1.54) is 6.21 Å². The lowest BCUT2D eigenvalue weighted by molar-refractivity contribution is 0.314. The smallest absolute Gasteiger partial charge is 0.245 e. The van der Waals surface area contributed by atoms with Gasteiger partial charge in [0.15, 0.2) is 11.6 Å². The molecule has 0 radical (unpaired) electrons. The van der Waals surface area contributed by atoms with Crippen molar-refractivity contribution < 1.29 is 9.74 Å². The second-order valence-electron chi connectivity index (χ2n) is 7.23. The zero-order valence-electron chi connectivity index (χ0n) is 18.6. The van der Waals surface area contributed by atoms with Gasteiger partial charge >= 0.3 is 0 Å². The first kappa shape index (κ1) is 21.8. The Morgan fingerprint density at radius 2 is 1.67 bits per heavy atom. The summed E-state index contributed by atoms with van der Waals surface area (Å²) in [5.74, 6) is 0.775. The van der Waals surface area contributed by atoms with Crippen LogP contribution in [0, 0.1) is 6.92 Å². The number of hydrazine groups is 1. The fraction of sp³-hybridized carbons (Fsp3) is 0.227. The van der Waals surface area contributed by atoms with Gasteiger partial charge in [0.1, 0.15) is 5.75 Å². The van der Waals surface area contributed by atoms with E-state index in [1.54, 1.807) is 6.07 Å². The summed E-state index contributed by atoms with van der Waals surface area (Å²) in [6.45, 7) is 7.87. The fourth-order valence-corrected chi connectivity index (χ4v) is 3.16. The van der Waals surface area contributed by atoms with E-state index in [9.17, 15) is 5.11 Å². The first-order valence-corrected chi connectivity index (χ1v) is 10.5. The molecule has 0 aliphatic rings. The highest BCUT2D eigenvalue weighted by Gasteiger charge is 2.12. The highest BCUT2D eigenvalue weighted by atomic mass is 16.6. The molecule has 0 unspecified atom stereocenters. The molecule has 0 atom stereocenters. The van der Waals surface area contributed by atoms with Crippen LogP contribution >= 0.6 is 0 Å². The van der Waals surface area contributed by atoms with E-state index < -0.39 is 0 Å². The lowest BCUT2D eigenvalue weighted by Crippen LogP contribution is -2.21. The van der Waals surface area contributed by atoms with Crippen molar-refractivity contribution in [3.8, 4) is 5.75 Å². The summed E-state index contributed by atoms with van der Waals surface area (Å²) in [4.78, 5) is 10.9. The number of phenols is 1. The van der Waals surface area contributed by atoms with Gasteiger partial charge in [-0.2, -0.15) is 15.1 Å². The molecule has 2 aromatic carbocycles. The van der Waals surface area contributed by atoms with Crippen LogP contribution < -0.4 is 21.2 Å². The Balaban J connectivity index is 1.52. The van der Waals surface area contributed by atoms with Gasteiger partial charge in [0.05, 0.1) is 11.9 Å². The maximum atomic E-state index is 10.4. The van der Waals surface area contributed by atoms with Gasteiger partial charge < -0.3 is 10.0 Å². The SMILES string of the molecule is CCN(CC)c1ccc(/C=N/Nc2nc3nonc3nc2NNc2ccc(C)cc2)c(O)c1. The van der Waals surface area contributed by atoms with Gasteiger partial charge in [-0.3, -0.25) is 16.3 Å². The van der Waals surface area contributed by atoms with E-state index in [4.69, 9.17) is 4.63 Å². The number of hydrazone groups is 1. The average molecular weight is 448 g/mol. The minimum atomic E-state index is 0.131. The van der Waals surface area contributed by atoms with Crippen LogP contribution in [-0.2, 0) is 0 Å². The van der Waals surface area contributed by atoms with Gasteiger partial charge in [-0.25, -0.2) is 4.63 Å². The minimum absolute atomic E-state index is 0.131. The Bertz CT molecular complexity index is 1250. The number of hydrogen-bond donors (Lipinski definition) is 4. The summed E-state index contributed by atoms with van der Waals surface area (Å²) in [6.07, 6.45) is 1.51. The van der Waals surface area contributed by atoms with Crippen LogP contribution in [0.25, 0.3) is 11.3 Å². The van der Waals surface area contributed by atoms with Crippen LogP contribution in [0.5, 0.6) is 5.75 Å². The highest BCUT2D eigenvalue weighted by molar-refractivity contribution is 5.85. The van der Waals surface area contributed by atoms with Gasteiger partial charge in [0.2, 0.25) is 11.3 Å². The molecular weight excluding hydrogens is 422 g/mol. The molecule has 2 aromatic heterocycles. The maximum absolute atomic E-state index is 10.4. The lowest BCUT2D eigenvalue weighted by Gasteiger charge is -2.21. The maximum Gasteiger partial charge on any atom is 0.245 e. The Morgan fingerprint density at radius 1 is 0.970 bits per heavy atom. The Hall–Kier alpha value is -4.41. The van der Waals surface area contributed by atoms with Crippen molar-refractivity contribution in [3.05, 3.63) is 53.6 Å². The van der Waals surface area contributed by atoms with E-state index in [1.807, 2.05) is 43.3 Å². The summed E-state index contributed by atoms with van der Waals surface area (Å²) in [5, 5.41) is 22.1. The van der Waals surface area contributed by atoms with Crippen LogP contribution in [0.4, 0.5) is 23.0 Å². The number of rotatable bonds is 9. The number of benzene rings is 2.